The Bertz CT molecular complexity index is 1250. The Morgan fingerprint density at radius 1 is 0.967 bits per heavy atom. The normalized spacial score (nSPS) is 12.6. The lowest BCUT2D eigenvalue weighted by molar-refractivity contribution is -0.115. The number of oxazole rings is 1. The minimum Gasteiger partial charge on any atom is -0.431 e. The zero-order chi connectivity index (χ0) is 21.1. The Morgan fingerprint density at radius 3 is 2.30 bits per heavy atom. The molecule has 3 aromatic carbocycles. The van der Waals surface area contributed by atoms with Crippen LogP contribution in [0, 0.1) is 0 Å². The SMILES string of the molecule is NS(=O)(=O)c1ccc(NC(=O)C(Sc2nc3ccccc3o2)c2ccccc2)cc1. The minimum atomic E-state index is -3.80. The molecular formula is C21H17N3O4S2. The molecule has 0 spiro atoms. The largest absolute Gasteiger partial charge is 0.431 e. The molecule has 30 heavy (non-hydrogen) atoms. The van der Waals surface area contributed by atoms with Crippen molar-refractivity contribution in [1.82, 2.24) is 4.98 Å². The fourth-order valence-electron chi connectivity index (χ4n) is 2.84. The van der Waals surface area contributed by atoms with Crippen molar-refractivity contribution in [3.8, 4) is 0 Å². The first-order valence-corrected chi connectivity index (χ1v) is 11.3. The Hall–Kier alpha value is -3.14. The number of carbonyl (C=O) groups is 1. The molecule has 1 amide bonds. The van der Waals surface area contributed by atoms with Gasteiger partial charge in [-0.15, -0.1) is 0 Å². The Morgan fingerprint density at radius 2 is 1.63 bits per heavy atom. The second-order valence-corrected chi connectivity index (χ2v) is 9.03. The molecule has 152 valence electrons. The average molecular weight is 440 g/mol. The number of sulfonamides is 1. The molecule has 0 aliphatic carbocycles. The van der Waals surface area contributed by atoms with Gasteiger partial charge in [-0.25, -0.2) is 18.5 Å². The zero-order valence-electron chi connectivity index (χ0n) is 15.6. The first-order valence-electron chi connectivity index (χ1n) is 8.91. The van der Waals surface area contributed by atoms with E-state index >= 15 is 0 Å². The van der Waals surface area contributed by atoms with E-state index in [1.807, 2.05) is 54.6 Å². The number of para-hydroxylation sites is 2. The van der Waals surface area contributed by atoms with Gasteiger partial charge in [-0.2, -0.15) is 0 Å². The Kier molecular flexibility index (Phi) is 5.58. The van der Waals surface area contributed by atoms with Crippen LogP contribution in [-0.2, 0) is 14.8 Å². The molecule has 0 aliphatic rings. The third-order valence-corrected chi connectivity index (χ3v) is 6.31. The van der Waals surface area contributed by atoms with Crippen LogP contribution in [0.3, 0.4) is 0 Å². The van der Waals surface area contributed by atoms with E-state index in [-0.39, 0.29) is 10.8 Å². The van der Waals surface area contributed by atoms with Crippen molar-refractivity contribution < 1.29 is 17.6 Å². The van der Waals surface area contributed by atoms with Crippen LogP contribution in [0.1, 0.15) is 10.8 Å². The summed E-state index contributed by atoms with van der Waals surface area (Å²) in [6.45, 7) is 0. The van der Waals surface area contributed by atoms with E-state index in [2.05, 4.69) is 10.3 Å². The minimum absolute atomic E-state index is 0.0269. The molecule has 0 aliphatic heterocycles. The number of thioether (sulfide) groups is 1. The molecule has 1 unspecified atom stereocenters. The summed E-state index contributed by atoms with van der Waals surface area (Å²) >= 11 is 1.20. The molecule has 0 fully saturated rings. The van der Waals surface area contributed by atoms with Gasteiger partial charge in [0.15, 0.2) is 5.58 Å². The highest BCUT2D eigenvalue weighted by Gasteiger charge is 2.25. The number of aromatic nitrogens is 1. The molecule has 0 bridgehead atoms. The van der Waals surface area contributed by atoms with Gasteiger partial charge >= 0.3 is 0 Å². The van der Waals surface area contributed by atoms with Crippen LogP contribution in [0.4, 0.5) is 5.69 Å². The van der Waals surface area contributed by atoms with Crippen molar-refractivity contribution in [2.45, 2.75) is 15.4 Å². The van der Waals surface area contributed by atoms with E-state index < -0.39 is 15.3 Å². The number of hydrogen-bond donors (Lipinski definition) is 2. The summed E-state index contributed by atoms with van der Waals surface area (Å²) in [5.74, 6) is -0.295. The molecule has 3 N–H and O–H groups in total. The molecular weight excluding hydrogens is 422 g/mol. The van der Waals surface area contributed by atoms with Gasteiger partial charge < -0.3 is 9.73 Å². The van der Waals surface area contributed by atoms with E-state index in [1.54, 1.807) is 0 Å². The quantitative estimate of drug-likeness (QED) is 0.440. The lowest BCUT2D eigenvalue weighted by atomic mass is 10.1. The lowest BCUT2D eigenvalue weighted by Gasteiger charge is -2.15. The highest BCUT2D eigenvalue weighted by Crippen LogP contribution is 2.37. The predicted molar refractivity (Wildman–Crippen MR) is 115 cm³/mol. The molecule has 4 aromatic rings. The van der Waals surface area contributed by atoms with E-state index in [9.17, 15) is 13.2 Å². The summed E-state index contributed by atoms with van der Waals surface area (Å²) in [6, 6.07) is 22.3. The van der Waals surface area contributed by atoms with Gasteiger partial charge in [-0.1, -0.05) is 42.5 Å². The second kappa shape index (κ2) is 8.31. The summed E-state index contributed by atoms with van der Waals surface area (Å²) < 4.78 is 28.6. The fourth-order valence-corrected chi connectivity index (χ4v) is 4.30. The number of anilines is 1. The third kappa shape index (κ3) is 4.54. The monoisotopic (exact) mass is 439 g/mol. The van der Waals surface area contributed by atoms with Gasteiger partial charge in [0.2, 0.25) is 15.9 Å². The van der Waals surface area contributed by atoms with Crippen LogP contribution >= 0.6 is 11.8 Å². The zero-order valence-corrected chi connectivity index (χ0v) is 17.2. The molecule has 7 nitrogen and oxygen atoms in total. The first-order chi connectivity index (χ1) is 14.4. The van der Waals surface area contributed by atoms with Crippen molar-refractivity contribution in [2.24, 2.45) is 5.14 Å². The standard InChI is InChI=1S/C21H17N3O4S2/c22-30(26,27)16-12-10-15(11-13-16)23-20(25)19(14-6-2-1-3-7-14)29-21-24-17-8-4-5-9-18(17)28-21/h1-13,19H,(H,23,25)(H2,22,26,27). The number of amides is 1. The molecule has 0 saturated heterocycles. The number of primary sulfonamides is 1. The van der Waals surface area contributed by atoms with Gasteiger partial charge in [0, 0.05) is 5.69 Å². The molecule has 4 rings (SSSR count). The Labute approximate surface area is 177 Å². The smallest absolute Gasteiger partial charge is 0.257 e. The maximum atomic E-state index is 13.1. The number of nitrogens with two attached hydrogens (primary N) is 1. The maximum absolute atomic E-state index is 13.1. The van der Waals surface area contributed by atoms with Crippen LogP contribution in [0.5, 0.6) is 0 Å². The maximum Gasteiger partial charge on any atom is 0.257 e. The third-order valence-electron chi connectivity index (χ3n) is 4.28. The number of hydrogen-bond acceptors (Lipinski definition) is 6. The van der Waals surface area contributed by atoms with Crippen LogP contribution in [0.2, 0.25) is 0 Å². The number of nitrogens with zero attached hydrogens (tertiary/aromatic N) is 1. The molecule has 1 atom stereocenters. The molecule has 1 aromatic heterocycles. The van der Waals surface area contributed by atoms with Crippen LogP contribution in [0.25, 0.3) is 11.1 Å². The predicted octanol–water partition coefficient (Wildman–Crippen LogP) is 3.95. The van der Waals surface area contributed by atoms with E-state index in [0.717, 1.165) is 5.56 Å². The van der Waals surface area contributed by atoms with Gasteiger partial charge in [0.25, 0.3) is 5.22 Å². The molecule has 0 radical (unpaired) electrons. The van der Waals surface area contributed by atoms with Crippen molar-refractivity contribution in [3.05, 3.63) is 84.4 Å². The summed E-state index contributed by atoms with van der Waals surface area (Å²) in [6.07, 6.45) is 0. The average Bonchev–Trinajstić information content (AvgIpc) is 3.15. The van der Waals surface area contributed by atoms with Crippen LogP contribution < -0.4 is 10.5 Å². The Balaban J connectivity index is 1.60. The summed E-state index contributed by atoms with van der Waals surface area (Å²) in [5.41, 5.74) is 2.59. The number of rotatable bonds is 6. The second-order valence-electron chi connectivity index (χ2n) is 6.41. The number of nitrogens with one attached hydrogen (secondary N) is 1. The van der Waals surface area contributed by atoms with Gasteiger partial charge in [-0.3, -0.25) is 4.79 Å². The van der Waals surface area contributed by atoms with E-state index in [4.69, 9.17) is 9.56 Å². The number of benzene rings is 3. The molecule has 9 heteroatoms. The van der Waals surface area contributed by atoms with E-state index in [0.29, 0.717) is 22.0 Å². The summed E-state index contributed by atoms with van der Waals surface area (Å²) in [4.78, 5) is 17.5. The van der Waals surface area contributed by atoms with Crippen molar-refractivity contribution in [1.29, 1.82) is 0 Å². The van der Waals surface area contributed by atoms with Crippen molar-refractivity contribution >= 4 is 44.5 Å². The highest BCUT2D eigenvalue weighted by atomic mass is 32.2. The highest BCUT2D eigenvalue weighted by molar-refractivity contribution is 8.00. The van der Waals surface area contributed by atoms with Crippen LogP contribution in [0.15, 0.2) is 93.4 Å². The first kappa shape index (κ1) is 20.1. The molecule has 1 heterocycles. The topological polar surface area (TPSA) is 115 Å². The number of carbonyl (C=O) groups excluding carboxylic acids is 1. The summed E-state index contributed by atoms with van der Waals surface area (Å²) in [5, 5.41) is 7.67. The summed E-state index contributed by atoms with van der Waals surface area (Å²) in [7, 11) is -3.80. The van der Waals surface area contributed by atoms with Crippen molar-refractivity contribution in [2.75, 3.05) is 5.32 Å². The molecule has 0 saturated carbocycles. The van der Waals surface area contributed by atoms with Crippen LogP contribution in [-0.4, -0.2) is 19.3 Å². The number of fused-ring (bicyclic) bond motifs is 1. The van der Waals surface area contributed by atoms with Crippen molar-refractivity contribution in [3.63, 3.8) is 0 Å². The fraction of sp³-hybridized carbons (Fsp3) is 0.0476. The van der Waals surface area contributed by atoms with Gasteiger partial charge in [0.05, 0.1) is 4.90 Å². The van der Waals surface area contributed by atoms with Gasteiger partial charge in [-0.05, 0) is 53.7 Å². The van der Waals surface area contributed by atoms with Gasteiger partial charge in [0.1, 0.15) is 10.8 Å². The lowest BCUT2D eigenvalue weighted by Crippen LogP contribution is -2.19. The van der Waals surface area contributed by atoms with E-state index in [1.165, 1.54) is 36.0 Å².